The molecule has 0 spiro atoms. The van der Waals surface area contributed by atoms with Crippen LogP contribution in [0.5, 0.6) is 0 Å². The lowest BCUT2D eigenvalue weighted by atomic mass is 9.85. The Kier molecular flexibility index (Phi) is 3.56. The van der Waals surface area contributed by atoms with Crippen LogP contribution in [0.15, 0.2) is 16.6 Å². The van der Waals surface area contributed by atoms with Crippen LogP contribution in [0.2, 0.25) is 0 Å². The standard InChI is InChI=1S/C14H15BrClFN2/c1-8(16)14-18-12-6-11(17)10(15)5-13(12)19(14)7-9-3-2-4-9/h5-6,8-9H,2-4,7H2,1H3. The lowest BCUT2D eigenvalue weighted by Gasteiger charge is -2.27. The molecular formula is C14H15BrClFN2. The molecule has 1 fully saturated rings. The topological polar surface area (TPSA) is 17.8 Å². The Morgan fingerprint density at radius 2 is 2.26 bits per heavy atom. The molecule has 2 nitrogen and oxygen atoms in total. The van der Waals surface area contributed by atoms with Gasteiger partial charge in [-0.05, 0) is 47.7 Å². The van der Waals surface area contributed by atoms with E-state index < -0.39 is 0 Å². The monoisotopic (exact) mass is 344 g/mol. The summed E-state index contributed by atoms with van der Waals surface area (Å²) in [7, 11) is 0. The summed E-state index contributed by atoms with van der Waals surface area (Å²) in [5.41, 5.74) is 1.64. The van der Waals surface area contributed by atoms with Gasteiger partial charge in [0.15, 0.2) is 0 Å². The van der Waals surface area contributed by atoms with Gasteiger partial charge in [-0.25, -0.2) is 9.37 Å². The second-order valence-corrected chi connectivity index (χ2v) is 6.76. The van der Waals surface area contributed by atoms with E-state index in [1.807, 2.05) is 6.92 Å². The summed E-state index contributed by atoms with van der Waals surface area (Å²) in [5.74, 6) is 1.26. The smallest absolute Gasteiger partial charge is 0.139 e. The summed E-state index contributed by atoms with van der Waals surface area (Å²) in [4.78, 5) is 4.50. The molecule has 1 aromatic heterocycles. The quantitative estimate of drug-likeness (QED) is 0.713. The average molecular weight is 346 g/mol. The molecule has 0 N–H and O–H groups in total. The first-order chi connectivity index (χ1) is 9.06. The van der Waals surface area contributed by atoms with Gasteiger partial charge < -0.3 is 4.57 Å². The summed E-state index contributed by atoms with van der Waals surface area (Å²) >= 11 is 9.46. The zero-order valence-corrected chi connectivity index (χ0v) is 13.0. The van der Waals surface area contributed by atoms with Crippen molar-refractivity contribution in [2.24, 2.45) is 5.92 Å². The van der Waals surface area contributed by atoms with Crippen molar-refractivity contribution in [1.82, 2.24) is 9.55 Å². The van der Waals surface area contributed by atoms with Crippen molar-refractivity contribution >= 4 is 38.6 Å². The molecule has 1 aromatic carbocycles. The van der Waals surface area contributed by atoms with Gasteiger partial charge in [0.05, 0.1) is 20.9 Å². The SMILES string of the molecule is CC(Cl)c1nc2cc(F)c(Br)cc2n1CC1CCC1. The number of aromatic nitrogens is 2. The maximum Gasteiger partial charge on any atom is 0.139 e. The van der Waals surface area contributed by atoms with E-state index in [0.717, 1.165) is 17.9 Å². The van der Waals surface area contributed by atoms with Crippen molar-refractivity contribution in [1.29, 1.82) is 0 Å². The van der Waals surface area contributed by atoms with E-state index in [2.05, 4.69) is 25.5 Å². The lowest BCUT2D eigenvalue weighted by Crippen LogP contribution is -2.19. The summed E-state index contributed by atoms with van der Waals surface area (Å²) in [6.45, 7) is 2.84. The Morgan fingerprint density at radius 3 is 2.84 bits per heavy atom. The van der Waals surface area contributed by atoms with E-state index in [4.69, 9.17) is 11.6 Å². The van der Waals surface area contributed by atoms with Crippen LogP contribution in [0.25, 0.3) is 11.0 Å². The van der Waals surface area contributed by atoms with E-state index >= 15 is 0 Å². The Hall–Kier alpha value is -0.610. The molecule has 1 unspecified atom stereocenters. The molecule has 19 heavy (non-hydrogen) atoms. The second-order valence-electron chi connectivity index (χ2n) is 5.25. The summed E-state index contributed by atoms with van der Waals surface area (Å²) < 4.78 is 16.2. The fraction of sp³-hybridized carbons (Fsp3) is 0.500. The van der Waals surface area contributed by atoms with Gasteiger partial charge in [-0.1, -0.05) is 6.42 Å². The van der Waals surface area contributed by atoms with Crippen LogP contribution in [0.3, 0.4) is 0 Å². The zero-order valence-electron chi connectivity index (χ0n) is 10.7. The molecule has 102 valence electrons. The minimum atomic E-state index is -0.283. The first kappa shape index (κ1) is 13.4. The Balaban J connectivity index is 2.13. The Bertz CT molecular complexity index is 619. The van der Waals surface area contributed by atoms with Crippen LogP contribution in [0.4, 0.5) is 4.39 Å². The average Bonchev–Trinajstić information content (AvgIpc) is 2.63. The largest absolute Gasteiger partial charge is 0.326 e. The Morgan fingerprint density at radius 1 is 1.53 bits per heavy atom. The minimum Gasteiger partial charge on any atom is -0.326 e. The van der Waals surface area contributed by atoms with Crippen LogP contribution in [0.1, 0.15) is 37.4 Å². The predicted octanol–water partition coefficient (Wildman–Crippen LogP) is 5.04. The molecule has 3 rings (SSSR count). The van der Waals surface area contributed by atoms with E-state index in [1.54, 1.807) is 6.07 Å². The van der Waals surface area contributed by atoms with Gasteiger partial charge in [-0.3, -0.25) is 0 Å². The number of hydrogen-bond donors (Lipinski definition) is 0. The van der Waals surface area contributed by atoms with Gasteiger partial charge >= 0.3 is 0 Å². The highest BCUT2D eigenvalue weighted by atomic mass is 79.9. The maximum atomic E-state index is 13.6. The number of alkyl halides is 1. The number of fused-ring (bicyclic) bond motifs is 1. The molecule has 1 aliphatic carbocycles. The second kappa shape index (κ2) is 5.06. The lowest BCUT2D eigenvalue weighted by molar-refractivity contribution is 0.276. The van der Waals surface area contributed by atoms with Crippen LogP contribution in [0, 0.1) is 11.7 Å². The van der Waals surface area contributed by atoms with Crippen molar-refractivity contribution in [3.05, 3.63) is 28.2 Å². The van der Waals surface area contributed by atoms with E-state index in [1.165, 1.54) is 25.3 Å². The third-order valence-corrected chi connectivity index (χ3v) is 4.64. The molecule has 1 heterocycles. The molecule has 0 aliphatic heterocycles. The van der Waals surface area contributed by atoms with Gasteiger partial charge in [-0.2, -0.15) is 0 Å². The molecule has 0 bridgehead atoms. The number of benzene rings is 1. The van der Waals surface area contributed by atoms with Crippen molar-refractivity contribution in [2.45, 2.75) is 38.1 Å². The molecule has 0 radical (unpaired) electrons. The molecular weight excluding hydrogens is 331 g/mol. The number of halogens is 3. The van der Waals surface area contributed by atoms with Crippen LogP contribution in [-0.2, 0) is 6.54 Å². The highest BCUT2D eigenvalue weighted by molar-refractivity contribution is 9.10. The predicted molar refractivity (Wildman–Crippen MR) is 79.0 cm³/mol. The molecule has 0 amide bonds. The molecule has 1 aliphatic rings. The maximum absolute atomic E-state index is 13.6. The van der Waals surface area contributed by atoms with Crippen molar-refractivity contribution in [3.63, 3.8) is 0 Å². The molecule has 2 aromatic rings. The number of imidazole rings is 1. The van der Waals surface area contributed by atoms with Crippen LogP contribution >= 0.6 is 27.5 Å². The summed E-state index contributed by atoms with van der Waals surface area (Å²) in [5, 5.41) is -0.172. The van der Waals surface area contributed by atoms with Crippen LogP contribution < -0.4 is 0 Å². The number of nitrogens with zero attached hydrogens (tertiary/aromatic N) is 2. The highest BCUT2D eigenvalue weighted by Gasteiger charge is 2.23. The number of rotatable bonds is 3. The summed E-state index contributed by atoms with van der Waals surface area (Å²) in [6, 6.07) is 3.28. The van der Waals surface area contributed by atoms with Crippen LogP contribution in [-0.4, -0.2) is 9.55 Å². The van der Waals surface area contributed by atoms with Gasteiger partial charge in [0, 0.05) is 12.6 Å². The van der Waals surface area contributed by atoms with E-state index in [9.17, 15) is 4.39 Å². The Labute approximate surface area is 125 Å². The number of hydrogen-bond acceptors (Lipinski definition) is 1. The van der Waals surface area contributed by atoms with Crippen molar-refractivity contribution in [2.75, 3.05) is 0 Å². The van der Waals surface area contributed by atoms with Gasteiger partial charge in [-0.15, -0.1) is 11.6 Å². The molecule has 0 saturated heterocycles. The normalized spacial score (nSPS) is 17.7. The fourth-order valence-electron chi connectivity index (χ4n) is 2.57. The third kappa shape index (κ3) is 2.40. The molecule has 5 heteroatoms. The first-order valence-electron chi connectivity index (χ1n) is 6.55. The van der Waals surface area contributed by atoms with Crippen molar-refractivity contribution in [3.8, 4) is 0 Å². The third-order valence-electron chi connectivity index (χ3n) is 3.84. The first-order valence-corrected chi connectivity index (χ1v) is 7.78. The fourth-order valence-corrected chi connectivity index (χ4v) is 3.07. The minimum absolute atomic E-state index is 0.172. The zero-order chi connectivity index (χ0) is 13.6. The van der Waals surface area contributed by atoms with E-state index in [-0.39, 0.29) is 11.2 Å². The highest BCUT2D eigenvalue weighted by Crippen LogP contribution is 2.33. The van der Waals surface area contributed by atoms with Gasteiger partial charge in [0.1, 0.15) is 11.6 Å². The summed E-state index contributed by atoms with van der Waals surface area (Å²) in [6.07, 6.45) is 3.83. The molecule has 1 saturated carbocycles. The van der Waals surface area contributed by atoms with Gasteiger partial charge in [0.25, 0.3) is 0 Å². The van der Waals surface area contributed by atoms with Gasteiger partial charge in [0.2, 0.25) is 0 Å². The molecule has 1 atom stereocenters. The van der Waals surface area contributed by atoms with Crippen molar-refractivity contribution < 1.29 is 4.39 Å². The van der Waals surface area contributed by atoms with E-state index in [0.29, 0.717) is 15.9 Å².